The molecule has 0 saturated carbocycles. The Morgan fingerprint density at radius 1 is 1.07 bits per heavy atom. The number of hydrogen-bond acceptors (Lipinski definition) is 3. The lowest BCUT2D eigenvalue weighted by atomic mass is 10.1. The Hall–Kier alpha value is -0.960. The second kappa shape index (κ2) is 5.05. The largest absolute Gasteiger partial charge is 0.320 e. The fourth-order valence-corrected chi connectivity index (χ4v) is 1.71. The number of aromatic nitrogens is 2. The zero-order valence-corrected chi connectivity index (χ0v) is 9.52. The molecule has 1 heterocycles. The Morgan fingerprint density at radius 2 is 1.64 bits per heavy atom. The predicted octanol–water partition coefficient (Wildman–Crippen LogP) is 1.55. The lowest BCUT2D eigenvalue weighted by Gasteiger charge is -2.08. The highest BCUT2D eigenvalue weighted by Gasteiger charge is 2.05. The summed E-state index contributed by atoms with van der Waals surface area (Å²) in [5.74, 6) is 0.873. The Balaban J connectivity index is 2.75. The SMILES string of the molecule is CNCCCc1c(C)nc(C)nc1C. The lowest BCUT2D eigenvalue weighted by molar-refractivity contribution is 0.713. The first-order chi connectivity index (χ1) is 6.65. The van der Waals surface area contributed by atoms with Gasteiger partial charge in [-0.1, -0.05) is 0 Å². The van der Waals surface area contributed by atoms with Crippen LogP contribution in [0.5, 0.6) is 0 Å². The normalized spacial score (nSPS) is 10.6. The summed E-state index contributed by atoms with van der Waals surface area (Å²) in [6, 6.07) is 0. The van der Waals surface area contributed by atoms with Crippen LogP contribution in [0, 0.1) is 20.8 Å². The van der Waals surface area contributed by atoms with E-state index in [4.69, 9.17) is 0 Å². The van der Waals surface area contributed by atoms with Crippen molar-refractivity contribution >= 4 is 0 Å². The first-order valence-corrected chi connectivity index (χ1v) is 5.10. The summed E-state index contributed by atoms with van der Waals surface area (Å²) in [6.07, 6.45) is 2.21. The molecule has 78 valence electrons. The molecule has 14 heavy (non-hydrogen) atoms. The Kier molecular flexibility index (Phi) is 4.01. The first kappa shape index (κ1) is 11.1. The molecule has 3 heteroatoms. The molecule has 0 aliphatic heterocycles. The molecule has 3 nitrogen and oxygen atoms in total. The van der Waals surface area contributed by atoms with Crippen LogP contribution in [0.25, 0.3) is 0 Å². The fourth-order valence-electron chi connectivity index (χ4n) is 1.71. The van der Waals surface area contributed by atoms with Gasteiger partial charge in [-0.05, 0) is 52.8 Å². The molecule has 0 bridgehead atoms. The minimum Gasteiger partial charge on any atom is -0.320 e. The Morgan fingerprint density at radius 3 is 2.14 bits per heavy atom. The van der Waals surface area contributed by atoms with Crippen LogP contribution in [-0.4, -0.2) is 23.6 Å². The summed E-state index contributed by atoms with van der Waals surface area (Å²) in [7, 11) is 1.98. The van der Waals surface area contributed by atoms with Gasteiger partial charge in [0.1, 0.15) is 5.82 Å². The predicted molar refractivity (Wildman–Crippen MR) is 58.5 cm³/mol. The minimum atomic E-state index is 0.873. The van der Waals surface area contributed by atoms with Crippen molar-refractivity contribution in [3.8, 4) is 0 Å². The number of nitrogens with one attached hydrogen (secondary N) is 1. The van der Waals surface area contributed by atoms with Gasteiger partial charge in [0.2, 0.25) is 0 Å². The molecular weight excluding hydrogens is 174 g/mol. The molecule has 0 fully saturated rings. The van der Waals surface area contributed by atoms with Crippen molar-refractivity contribution in [1.82, 2.24) is 15.3 Å². The summed E-state index contributed by atoms with van der Waals surface area (Å²) >= 11 is 0. The van der Waals surface area contributed by atoms with E-state index in [0.717, 1.165) is 36.6 Å². The molecule has 0 saturated heterocycles. The van der Waals surface area contributed by atoms with Crippen molar-refractivity contribution in [2.75, 3.05) is 13.6 Å². The van der Waals surface area contributed by atoms with Crippen LogP contribution in [0.1, 0.15) is 29.2 Å². The second-order valence-corrected chi connectivity index (χ2v) is 3.63. The van der Waals surface area contributed by atoms with E-state index in [1.165, 1.54) is 5.56 Å². The van der Waals surface area contributed by atoms with Crippen LogP contribution in [0.4, 0.5) is 0 Å². The van der Waals surface area contributed by atoms with Crippen LogP contribution in [-0.2, 0) is 6.42 Å². The Bertz CT molecular complexity index is 284. The van der Waals surface area contributed by atoms with Gasteiger partial charge in [0.25, 0.3) is 0 Å². The zero-order valence-electron chi connectivity index (χ0n) is 9.52. The van der Waals surface area contributed by atoms with Crippen molar-refractivity contribution in [2.45, 2.75) is 33.6 Å². The van der Waals surface area contributed by atoms with E-state index in [0.29, 0.717) is 0 Å². The van der Waals surface area contributed by atoms with E-state index >= 15 is 0 Å². The van der Waals surface area contributed by atoms with Crippen LogP contribution < -0.4 is 5.32 Å². The molecular formula is C11H19N3. The maximum atomic E-state index is 4.38. The molecule has 0 spiro atoms. The molecule has 1 N–H and O–H groups in total. The summed E-state index contributed by atoms with van der Waals surface area (Å²) < 4.78 is 0. The number of rotatable bonds is 4. The highest BCUT2D eigenvalue weighted by atomic mass is 14.9. The van der Waals surface area contributed by atoms with Gasteiger partial charge in [0.15, 0.2) is 0 Å². The molecule has 0 aliphatic carbocycles. The fraction of sp³-hybridized carbons (Fsp3) is 0.636. The highest BCUT2D eigenvalue weighted by molar-refractivity contribution is 5.24. The third kappa shape index (κ3) is 2.77. The lowest BCUT2D eigenvalue weighted by Crippen LogP contribution is -2.10. The summed E-state index contributed by atoms with van der Waals surface area (Å²) in [5, 5.41) is 3.15. The highest BCUT2D eigenvalue weighted by Crippen LogP contribution is 2.11. The monoisotopic (exact) mass is 193 g/mol. The third-order valence-electron chi connectivity index (χ3n) is 2.39. The minimum absolute atomic E-state index is 0.873. The first-order valence-electron chi connectivity index (χ1n) is 5.10. The van der Waals surface area contributed by atoms with E-state index in [9.17, 15) is 0 Å². The quantitative estimate of drug-likeness (QED) is 0.737. The van der Waals surface area contributed by atoms with Gasteiger partial charge >= 0.3 is 0 Å². The zero-order chi connectivity index (χ0) is 10.6. The average Bonchev–Trinajstić information content (AvgIpc) is 2.09. The van der Waals surface area contributed by atoms with Crippen molar-refractivity contribution in [1.29, 1.82) is 0 Å². The van der Waals surface area contributed by atoms with Gasteiger partial charge in [0.05, 0.1) is 0 Å². The van der Waals surface area contributed by atoms with Crippen LogP contribution in [0.2, 0.25) is 0 Å². The topological polar surface area (TPSA) is 37.8 Å². The molecule has 0 radical (unpaired) electrons. The van der Waals surface area contributed by atoms with Gasteiger partial charge in [0, 0.05) is 11.4 Å². The smallest absolute Gasteiger partial charge is 0.125 e. The maximum absolute atomic E-state index is 4.38. The molecule has 0 atom stereocenters. The van der Waals surface area contributed by atoms with Gasteiger partial charge in [-0.25, -0.2) is 9.97 Å². The number of hydrogen-bond donors (Lipinski definition) is 1. The Labute approximate surface area is 86.0 Å². The molecule has 1 aromatic rings. The van der Waals surface area contributed by atoms with Crippen molar-refractivity contribution in [3.05, 3.63) is 22.8 Å². The molecule has 0 aliphatic rings. The summed E-state index contributed by atoms with van der Waals surface area (Å²) in [5.41, 5.74) is 3.57. The number of aryl methyl sites for hydroxylation is 3. The molecule has 0 unspecified atom stereocenters. The standard InChI is InChI=1S/C11H19N3/c1-8-11(6-5-7-12-4)9(2)14-10(3)13-8/h12H,5-7H2,1-4H3. The van der Waals surface area contributed by atoms with E-state index in [2.05, 4.69) is 29.1 Å². The van der Waals surface area contributed by atoms with Crippen molar-refractivity contribution < 1.29 is 0 Å². The van der Waals surface area contributed by atoms with E-state index in [1.54, 1.807) is 0 Å². The van der Waals surface area contributed by atoms with Gasteiger partial charge in [-0.15, -0.1) is 0 Å². The molecule has 1 aromatic heterocycles. The van der Waals surface area contributed by atoms with Crippen LogP contribution in [0.15, 0.2) is 0 Å². The number of nitrogens with zero attached hydrogens (tertiary/aromatic N) is 2. The van der Waals surface area contributed by atoms with E-state index in [1.807, 2.05) is 14.0 Å². The van der Waals surface area contributed by atoms with Gasteiger partial charge in [-0.2, -0.15) is 0 Å². The summed E-state index contributed by atoms with van der Waals surface area (Å²) in [6.45, 7) is 7.12. The molecule has 0 amide bonds. The average molecular weight is 193 g/mol. The van der Waals surface area contributed by atoms with Crippen molar-refractivity contribution in [2.24, 2.45) is 0 Å². The third-order valence-corrected chi connectivity index (χ3v) is 2.39. The van der Waals surface area contributed by atoms with E-state index < -0.39 is 0 Å². The van der Waals surface area contributed by atoms with Gasteiger partial charge < -0.3 is 5.32 Å². The second-order valence-electron chi connectivity index (χ2n) is 3.63. The van der Waals surface area contributed by atoms with Crippen LogP contribution >= 0.6 is 0 Å². The van der Waals surface area contributed by atoms with E-state index in [-0.39, 0.29) is 0 Å². The van der Waals surface area contributed by atoms with Crippen LogP contribution in [0.3, 0.4) is 0 Å². The maximum Gasteiger partial charge on any atom is 0.125 e. The van der Waals surface area contributed by atoms with Crippen molar-refractivity contribution in [3.63, 3.8) is 0 Å². The molecule has 0 aromatic carbocycles. The molecule has 1 rings (SSSR count). The summed E-state index contributed by atoms with van der Waals surface area (Å²) in [4.78, 5) is 8.76. The van der Waals surface area contributed by atoms with Gasteiger partial charge in [-0.3, -0.25) is 0 Å².